The lowest BCUT2D eigenvalue weighted by atomic mass is 9.49. The summed E-state index contributed by atoms with van der Waals surface area (Å²) in [5.74, 6) is 0. The van der Waals surface area contributed by atoms with Crippen molar-refractivity contribution in [2.24, 2.45) is 0 Å². The van der Waals surface area contributed by atoms with Crippen LogP contribution in [0.5, 0.6) is 0 Å². The predicted octanol–water partition coefficient (Wildman–Crippen LogP) is 21.6. The number of rotatable bonds is 8. The third-order valence-corrected chi connectivity index (χ3v) is 24.5. The summed E-state index contributed by atoms with van der Waals surface area (Å²) in [7, 11) is -1.40. The molecular weight excluding hydrogens is 1340 g/mol. The molecule has 12 aromatic carbocycles. The summed E-state index contributed by atoms with van der Waals surface area (Å²) in [6.45, 7) is 24.7. The molecule has 104 heavy (non-hydrogen) atoms. The van der Waals surface area contributed by atoms with Crippen molar-refractivity contribution in [1.29, 1.82) is 0 Å². The summed E-state index contributed by atoms with van der Waals surface area (Å²) in [4.78, 5) is 0. The molecule has 12 heteroatoms. The Morgan fingerprint density at radius 2 is 0.577 bits per heavy atom. The van der Waals surface area contributed by atoms with Gasteiger partial charge in [-0.05, 0) is 187 Å². The van der Waals surface area contributed by atoms with Crippen molar-refractivity contribution < 1.29 is 27.9 Å². The van der Waals surface area contributed by atoms with E-state index in [4.69, 9.17) is 27.9 Å². The van der Waals surface area contributed by atoms with E-state index in [1.165, 1.54) is 116 Å². The highest BCUT2D eigenvalue weighted by atomic mass is 79.9. The predicted molar refractivity (Wildman–Crippen MR) is 432 cm³/mol. The van der Waals surface area contributed by atoms with E-state index in [0.29, 0.717) is 0 Å². The fourth-order valence-electron chi connectivity index (χ4n) is 16.9. The number of hydrogen-bond acceptors (Lipinski definition) is 6. The van der Waals surface area contributed by atoms with E-state index in [1.54, 1.807) is 0 Å². The zero-order valence-electron chi connectivity index (χ0n) is 61.2. The van der Waals surface area contributed by atoms with Crippen molar-refractivity contribution in [1.82, 2.24) is 9.13 Å². The molecule has 0 radical (unpaired) electrons. The first-order chi connectivity index (χ1) is 50.0. The van der Waals surface area contributed by atoms with Crippen LogP contribution >= 0.6 is 15.9 Å². The lowest BCUT2D eigenvalue weighted by molar-refractivity contribution is 0.00578. The summed E-state index contributed by atoms with van der Waals surface area (Å²) >= 11 is 3.76. The van der Waals surface area contributed by atoms with Crippen LogP contribution in [0.25, 0.3) is 77.2 Å². The molecule has 14 aromatic rings. The van der Waals surface area contributed by atoms with Crippen molar-refractivity contribution in [3.8, 4) is 33.6 Å². The zero-order chi connectivity index (χ0) is 71.9. The van der Waals surface area contributed by atoms with E-state index in [1.807, 2.05) is 55.4 Å². The first kappa shape index (κ1) is 67.8. The van der Waals surface area contributed by atoms with Gasteiger partial charge in [0.1, 0.15) is 0 Å². The van der Waals surface area contributed by atoms with Crippen LogP contribution in [-0.2, 0) is 38.8 Å². The maximum Gasteiger partial charge on any atom is 0.494 e. The smallest absolute Gasteiger partial charge is 0.405 e. The van der Waals surface area contributed by atoms with Crippen LogP contribution in [0.15, 0.2) is 296 Å². The summed E-state index contributed by atoms with van der Waals surface area (Å²) in [6, 6.07) is 107. The molecule has 5 heterocycles. The molecule has 0 atom stereocenters. The van der Waals surface area contributed by atoms with Crippen LogP contribution in [0.2, 0.25) is 0 Å². The third kappa shape index (κ3) is 10.4. The molecule has 3 fully saturated rings. The highest BCUT2D eigenvalue weighted by Gasteiger charge is 2.64. The quantitative estimate of drug-likeness (QED) is 0.141. The van der Waals surface area contributed by atoms with E-state index in [-0.39, 0.29) is 22.4 Å². The van der Waals surface area contributed by atoms with Gasteiger partial charge in [0.15, 0.2) is 0 Å². The first-order valence-electron chi connectivity index (χ1n) is 36.5. The molecule has 3 aliphatic heterocycles. The molecule has 0 bridgehead atoms. The van der Waals surface area contributed by atoms with Gasteiger partial charge in [-0.1, -0.05) is 265 Å². The Hall–Kier alpha value is -9.33. The molecule has 514 valence electrons. The van der Waals surface area contributed by atoms with Crippen molar-refractivity contribution >= 4 is 86.1 Å². The Balaban J connectivity index is 0.000000126. The van der Waals surface area contributed by atoms with Gasteiger partial charge in [-0.15, -0.1) is 0 Å². The Morgan fingerprint density at radius 3 is 0.971 bits per heavy atom. The van der Waals surface area contributed by atoms with Crippen LogP contribution in [0.4, 0.5) is 0 Å². The van der Waals surface area contributed by atoms with Gasteiger partial charge < -0.3 is 37.1 Å². The molecule has 5 aliphatic rings. The van der Waals surface area contributed by atoms with Crippen LogP contribution in [0, 0.1) is 0 Å². The number of aromatic nitrogens is 2. The summed E-state index contributed by atoms with van der Waals surface area (Å²) in [5, 5.41) is 4.95. The van der Waals surface area contributed by atoms with Crippen molar-refractivity contribution in [2.45, 2.75) is 128 Å². The minimum atomic E-state index is -0.522. The summed E-state index contributed by atoms with van der Waals surface area (Å²) in [5.41, 5.74) is 20.3. The van der Waals surface area contributed by atoms with Gasteiger partial charge in [-0.25, -0.2) is 0 Å². The first-order valence-corrected chi connectivity index (χ1v) is 37.3. The molecule has 0 N–H and O–H groups in total. The number of nitrogens with zero attached hydrogens (tertiary/aromatic N) is 2. The normalized spacial score (nSPS) is 18.4. The minimum absolute atomic E-state index is 0.360. The average Bonchev–Trinajstić information content (AvgIpc) is 1.52. The maximum absolute atomic E-state index is 6.55. The van der Waals surface area contributed by atoms with E-state index >= 15 is 0 Å². The summed E-state index contributed by atoms with van der Waals surface area (Å²) < 4.78 is 43.0. The second kappa shape index (κ2) is 24.9. The largest absolute Gasteiger partial charge is 0.494 e. The van der Waals surface area contributed by atoms with Gasteiger partial charge in [0.2, 0.25) is 0 Å². The fourth-order valence-corrected chi connectivity index (χ4v) is 17.3. The summed E-state index contributed by atoms with van der Waals surface area (Å²) in [6.07, 6.45) is 0. The van der Waals surface area contributed by atoms with Crippen LogP contribution < -0.4 is 5.46 Å². The topological polar surface area (TPSA) is 65.2 Å². The second-order valence-electron chi connectivity index (χ2n) is 31.4. The molecule has 0 unspecified atom stereocenters. The Kier molecular flexibility index (Phi) is 16.3. The molecule has 3 saturated heterocycles. The second-order valence-corrected chi connectivity index (χ2v) is 32.4. The molecule has 0 amide bonds. The highest BCUT2D eigenvalue weighted by Crippen LogP contribution is 2.61. The van der Waals surface area contributed by atoms with Crippen LogP contribution in [0.3, 0.4) is 0 Å². The number of benzene rings is 12. The van der Waals surface area contributed by atoms with Crippen molar-refractivity contribution in [3.63, 3.8) is 0 Å². The molecule has 0 saturated carbocycles. The van der Waals surface area contributed by atoms with E-state index in [2.05, 4.69) is 344 Å². The molecular formula is C92H84B3BrN2O6. The molecule has 8 nitrogen and oxygen atoms in total. The maximum atomic E-state index is 6.55. The monoisotopic (exact) mass is 1420 g/mol. The van der Waals surface area contributed by atoms with Crippen LogP contribution in [0.1, 0.15) is 128 Å². The van der Waals surface area contributed by atoms with Crippen molar-refractivity contribution in [2.75, 3.05) is 0 Å². The number of para-hydroxylation sites is 2. The van der Waals surface area contributed by atoms with Gasteiger partial charge >= 0.3 is 21.1 Å². The highest BCUT2D eigenvalue weighted by molar-refractivity contribution is 9.10. The lowest BCUT2D eigenvalue weighted by Crippen LogP contribution is -2.41. The molecule has 2 aliphatic carbocycles. The molecule has 0 spiro atoms. The molecule has 2 aromatic heterocycles. The van der Waals surface area contributed by atoms with Gasteiger partial charge in [0, 0.05) is 37.1 Å². The number of fused-ring (bicyclic) bond motifs is 12. The number of halogens is 1. The van der Waals surface area contributed by atoms with Gasteiger partial charge in [0.25, 0.3) is 0 Å². The van der Waals surface area contributed by atoms with Crippen molar-refractivity contribution in [3.05, 3.63) is 340 Å². The van der Waals surface area contributed by atoms with Gasteiger partial charge in [-0.2, -0.15) is 0 Å². The zero-order valence-corrected chi connectivity index (χ0v) is 62.8. The lowest BCUT2D eigenvalue weighted by Gasteiger charge is -2.35. The third-order valence-electron chi connectivity index (χ3n) is 24.0. The van der Waals surface area contributed by atoms with Gasteiger partial charge in [-0.3, -0.25) is 0 Å². The van der Waals surface area contributed by atoms with Crippen LogP contribution in [-0.4, -0.2) is 63.9 Å². The van der Waals surface area contributed by atoms with E-state index < -0.39 is 43.2 Å². The Bertz CT molecular complexity index is 5490. The number of hydrogen-bond donors (Lipinski definition) is 0. The van der Waals surface area contributed by atoms with E-state index in [9.17, 15) is 0 Å². The fraction of sp³-hybridized carbons (Fsp3) is 0.217. The van der Waals surface area contributed by atoms with Gasteiger partial charge in [0.05, 0.1) is 77.9 Å². The minimum Gasteiger partial charge on any atom is -0.405 e. The average molecular weight is 1430 g/mol. The molecule has 19 rings (SSSR count). The standard InChI is InChI=1S/C43H36BNO2.C37H24BrN.C12H24B2O4/c1-41(2)42(3,4)47-44(46-41)31-26-27-34-33-21-12-14-24-37(33)45(39(34)28-31)38-25-15-22-35-32-20-11-13-23-36(32)43(40(35)38,29-16-7-5-8-17-29)30-18-9-6-10-19-30;38-27-22-23-30-29-17-8-10-20-33(29)39(35(30)24-27)34-21-11-18-31-28-16-7-9-19-32(28)37(36(31)34,25-12-3-1-4-13-25)26-14-5-2-6-15-26;1-9(2)10(3,4)16-13(15-9)14-17-11(5,6)12(7,8)18-14/h5-28H,1-4H3;1-24H;1-8H3. The van der Waals surface area contributed by atoms with E-state index in [0.717, 1.165) is 15.5 Å². The Labute approximate surface area is 620 Å². The SMILES string of the molecule is Brc1ccc2c3ccccc3n(-c3cccc4c3C(c3ccccc3)(c3ccccc3)c3ccccc3-4)c2c1.CC1(C)OB(B2OC(C)(C)C(C)(C)O2)OC1(C)C.CC1(C)OB(c2ccc3c4ccccc4n(-c4cccc5c4C(c4ccccc4)(c4ccccc4)c4ccccc4-5)c3c2)OC1(C)C. The Morgan fingerprint density at radius 1 is 0.269 bits per heavy atom.